The highest BCUT2D eigenvalue weighted by Crippen LogP contribution is 2.42. The van der Waals surface area contributed by atoms with Gasteiger partial charge in [-0.25, -0.2) is 0 Å². The number of aryl methyl sites for hydroxylation is 2. The molecule has 0 atom stereocenters. The summed E-state index contributed by atoms with van der Waals surface area (Å²) in [5.41, 5.74) is 11.5. The summed E-state index contributed by atoms with van der Waals surface area (Å²) in [5, 5.41) is 0.859. The van der Waals surface area contributed by atoms with E-state index in [0.29, 0.717) is 6.42 Å². The Balaban J connectivity index is 1.52. The highest BCUT2D eigenvalue weighted by Gasteiger charge is 2.22. The minimum absolute atomic E-state index is 0.230. The molecule has 0 N–H and O–H groups in total. The Kier molecular flexibility index (Phi) is 6.99. The van der Waals surface area contributed by atoms with E-state index in [9.17, 15) is 4.39 Å². The first-order valence-corrected chi connectivity index (χ1v) is 12.7. The molecule has 3 heteroatoms. The zero-order chi connectivity index (χ0) is 23.5. The van der Waals surface area contributed by atoms with Crippen molar-refractivity contribution in [3.8, 4) is 0 Å². The Morgan fingerprint density at radius 2 is 1.68 bits per heavy atom. The number of hydrogen-bond acceptors (Lipinski definition) is 1. The molecule has 5 rings (SSSR count). The third-order valence-corrected chi connectivity index (χ3v) is 7.51. The second-order valence-electron chi connectivity index (χ2n) is 9.48. The van der Waals surface area contributed by atoms with Gasteiger partial charge in [-0.15, -0.1) is 0 Å². The number of alkyl halides is 1. The van der Waals surface area contributed by atoms with Crippen molar-refractivity contribution in [2.75, 3.05) is 26.3 Å². The van der Waals surface area contributed by atoms with Crippen molar-refractivity contribution in [1.82, 2.24) is 4.90 Å². The van der Waals surface area contributed by atoms with Crippen LogP contribution in [-0.2, 0) is 6.42 Å². The minimum Gasteiger partial charge on any atom is -0.295 e. The molecular weight excluding hydrogens is 441 g/mol. The monoisotopic (exact) mass is 471 g/mol. The Morgan fingerprint density at radius 1 is 0.912 bits per heavy atom. The maximum absolute atomic E-state index is 12.4. The van der Waals surface area contributed by atoms with Crippen LogP contribution in [0.15, 0.2) is 72.3 Å². The van der Waals surface area contributed by atoms with Crippen molar-refractivity contribution in [1.29, 1.82) is 0 Å². The van der Waals surface area contributed by atoms with Crippen LogP contribution in [0, 0.1) is 6.92 Å². The molecule has 1 fully saturated rings. The fourth-order valence-corrected chi connectivity index (χ4v) is 5.49. The van der Waals surface area contributed by atoms with Crippen molar-refractivity contribution in [2.45, 2.75) is 32.6 Å². The summed E-state index contributed by atoms with van der Waals surface area (Å²) in [6.07, 6.45) is 6.11. The molecule has 2 aliphatic rings. The quantitative estimate of drug-likeness (QED) is 0.352. The molecule has 3 aromatic carbocycles. The Bertz CT molecular complexity index is 1230. The highest BCUT2D eigenvalue weighted by molar-refractivity contribution is 6.33. The van der Waals surface area contributed by atoms with E-state index in [2.05, 4.69) is 84.6 Å². The van der Waals surface area contributed by atoms with E-state index in [0.717, 1.165) is 55.0 Å². The lowest BCUT2D eigenvalue weighted by molar-refractivity contribution is 0.239. The van der Waals surface area contributed by atoms with E-state index in [1.807, 2.05) is 0 Å². The lowest BCUT2D eigenvalue weighted by atomic mass is 9.87. The van der Waals surface area contributed by atoms with Gasteiger partial charge in [0.15, 0.2) is 0 Å². The number of halogens is 2. The second-order valence-corrected chi connectivity index (χ2v) is 9.86. The number of nitrogens with zero attached hydrogens (tertiary/aromatic N) is 1. The Hall–Kier alpha value is -2.68. The SMILES string of the molecule is Cc1cccc(C2=C(c3ccc(C=C4CN(CCCF)C4)cc3)c3ccccc3CCC2)c1Cl. The van der Waals surface area contributed by atoms with Crippen LogP contribution in [0.25, 0.3) is 17.2 Å². The summed E-state index contributed by atoms with van der Waals surface area (Å²) < 4.78 is 12.4. The van der Waals surface area contributed by atoms with Crippen LogP contribution in [0.5, 0.6) is 0 Å². The summed E-state index contributed by atoms with van der Waals surface area (Å²) >= 11 is 6.84. The number of hydrogen-bond donors (Lipinski definition) is 0. The largest absolute Gasteiger partial charge is 0.295 e. The van der Waals surface area contributed by atoms with Gasteiger partial charge in [-0.2, -0.15) is 0 Å². The standard InChI is InChI=1S/C31H31ClFN/c1-22-7-4-12-29(31(22)32)28-11-5-9-25-8-2-3-10-27(25)30(28)26-15-13-23(14-16-26)19-24-20-34(21-24)18-6-17-33/h2-4,7-8,10,12-16,19H,5-6,9,11,17-18,20-21H2,1H3. The van der Waals surface area contributed by atoms with E-state index in [1.54, 1.807) is 0 Å². The maximum Gasteiger partial charge on any atom is 0.0906 e. The summed E-state index contributed by atoms with van der Waals surface area (Å²) in [6, 6.07) is 24.1. The van der Waals surface area contributed by atoms with Crippen LogP contribution >= 0.6 is 11.6 Å². The lowest BCUT2D eigenvalue weighted by Crippen LogP contribution is -2.40. The summed E-state index contributed by atoms with van der Waals surface area (Å²) in [4.78, 5) is 2.30. The Morgan fingerprint density at radius 3 is 2.47 bits per heavy atom. The number of fused-ring (bicyclic) bond motifs is 1. The van der Waals surface area contributed by atoms with Gasteiger partial charge in [-0.05, 0) is 82.7 Å². The second kappa shape index (κ2) is 10.3. The van der Waals surface area contributed by atoms with Gasteiger partial charge in [0, 0.05) is 19.6 Å². The maximum atomic E-state index is 12.4. The van der Waals surface area contributed by atoms with Crippen molar-refractivity contribution < 1.29 is 4.39 Å². The summed E-state index contributed by atoms with van der Waals surface area (Å²) in [6.45, 7) is 4.61. The van der Waals surface area contributed by atoms with Crippen LogP contribution < -0.4 is 0 Å². The predicted molar refractivity (Wildman–Crippen MR) is 143 cm³/mol. The lowest BCUT2D eigenvalue weighted by Gasteiger charge is -2.33. The molecule has 0 bridgehead atoms. The molecule has 0 unspecified atom stereocenters. The molecule has 1 aliphatic carbocycles. The first-order valence-electron chi connectivity index (χ1n) is 12.3. The van der Waals surface area contributed by atoms with Gasteiger partial charge < -0.3 is 0 Å². The van der Waals surface area contributed by atoms with Crippen LogP contribution in [0.4, 0.5) is 4.39 Å². The van der Waals surface area contributed by atoms with Crippen molar-refractivity contribution in [2.24, 2.45) is 0 Å². The first-order chi connectivity index (χ1) is 16.6. The van der Waals surface area contributed by atoms with E-state index in [-0.39, 0.29) is 6.67 Å². The topological polar surface area (TPSA) is 3.24 Å². The van der Waals surface area contributed by atoms with Crippen LogP contribution in [0.1, 0.15) is 52.6 Å². The fourth-order valence-electron chi connectivity index (χ4n) is 5.25. The predicted octanol–water partition coefficient (Wildman–Crippen LogP) is 8.00. The molecule has 1 nitrogen and oxygen atoms in total. The molecular formula is C31H31ClFN. The molecule has 0 aromatic heterocycles. The Labute approximate surface area is 207 Å². The molecule has 0 radical (unpaired) electrons. The highest BCUT2D eigenvalue weighted by atomic mass is 35.5. The zero-order valence-electron chi connectivity index (χ0n) is 19.8. The van der Waals surface area contributed by atoms with Crippen molar-refractivity contribution in [3.63, 3.8) is 0 Å². The van der Waals surface area contributed by atoms with E-state index < -0.39 is 0 Å². The number of allylic oxidation sites excluding steroid dienone is 1. The van der Waals surface area contributed by atoms with Gasteiger partial charge in [0.1, 0.15) is 0 Å². The van der Waals surface area contributed by atoms with E-state index in [4.69, 9.17) is 11.6 Å². The molecule has 34 heavy (non-hydrogen) atoms. The van der Waals surface area contributed by atoms with E-state index in [1.165, 1.54) is 39.0 Å². The van der Waals surface area contributed by atoms with Crippen LogP contribution in [-0.4, -0.2) is 31.2 Å². The van der Waals surface area contributed by atoms with E-state index >= 15 is 0 Å². The average Bonchev–Trinajstić information content (AvgIpc) is 3.02. The summed E-state index contributed by atoms with van der Waals surface area (Å²) in [7, 11) is 0. The fraction of sp³-hybridized carbons (Fsp3) is 0.290. The van der Waals surface area contributed by atoms with Gasteiger partial charge in [-0.1, -0.05) is 84.4 Å². The van der Waals surface area contributed by atoms with Crippen molar-refractivity contribution in [3.05, 3.63) is 111 Å². The smallest absolute Gasteiger partial charge is 0.0906 e. The summed E-state index contributed by atoms with van der Waals surface area (Å²) in [5.74, 6) is 0. The third-order valence-electron chi connectivity index (χ3n) is 7.01. The minimum atomic E-state index is -0.230. The zero-order valence-corrected chi connectivity index (χ0v) is 20.5. The molecule has 0 amide bonds. The molecule has 1 saturated heterocycles. The number of likely N-dealkylation sites (tertiary alicyclic amines) is 1. The van der Waals surface area contributed by atoms with Gasteiger partial charge in [0.25, 0.3) is 0 Å². The van der Waals surface area contributed by atoms with Crippen LogP contribution in [0.3, 0.4) is 0 Å². The molecule has 0 saturated carbocycles. The van der Waals surface area contributed by atoms with Crippen molar-refractivity contribution >= 4 is 28.8 Å². The average molecular weight is 472 g/mol. The normalized spacial score (nSPS) is 16.1. The van der Waals surface area contributed by atoms with Gasteiger partial charge in [0.2, 0.25) is 0 Å². The molecule has 174 valence electrons. The molecule has 1 aliphatic heterocycles. The molecule has 0 spiro atoms. The number of benzene rings is 3. The van der Waals surface area contributed by atoms with Crippen LogP contribution in [0.2, 0.25) is 5.02 Å². The third kappa shape index (κ3) is 4.76. The van der Waals surface area contributed by atoms with Gasteiger partial charge in [-0.3, -0.25) is 9.29 Å². The van der Waals surface area contributed by atoms with Gasteiger partial charge in [0.05, 0.1) is 11.7 Å². The van der Waals surface area contributed by atoms with Gasteiger partial charge >= 0.3 is 0 Å². The number of rotatable bonds is 6. The first kappa shape index (κ1) is 23.1. The molecule has 3 aromatic rings. The molecule has 1 heterocycles.